The smallest absolute Gasteiger partial charge is 0.224 e. The molecule has 3 heteroatoms. The van der Waals surface area contributed by atoms with Crippen molar-refractivity contribution >= 4 is 5.91 Å². The van der Waals surface area contributed by atoms with Gasteiger partial charge in [-0.25, -0.2) is 0 Å². The molecule has 3 nitrogen and oxygen atoms in total. The minimum atomic E-state index is 0.115. The molecule has 1 saturated heterocycles. The Morgan fingerprint density at radius 2 is 1.58 bits per heavy atom. The SMILES string of the molecule is O=C(Cc1ccc(-c2ccccc2)cc1)NCCCN1CCCC1. The van der Waals surface area contributed by atoms with Crippen LogP contribution in [0.3, 0.4) is 0 Å². The monoisotopic (exact) mass is 322 g/mol. The molecule has 3 rings (SSSR count). The van der Waals surface area contributed by atoms with Gasteiger partial charge in [-0.2, -0.15) is 0 Å². The maximum Gasteiger partial charge on any atom is 0.224 e. The van der Waals surface area contributed by atoms with Crippen LogP contribution in [-0.4, -0.2) is 37.0 Å². The second-order valence-electron chi connectivity index (χ2n) is 6.49. The lowest BCUT2D eigenvalue weighted by Crippen LogP contribution is -2.29. The van der Waals surface area contributed by atoms with Gasteiger partial charge in [0.1, 0.15) is 0 Å². The average Bonchev–Trinajstić information content (AvgIpc) is 3.14. The van der Waals surface area contributed by atoms with Crippen LogP contribution in [0.15, 0.2) is 54.6 Å². The molecule has 0 aromatic heterocycles. The zero-order valence-electron chi connectivity index (χ0n) is 14.2. The number of nitrogens with zero attached hydrogens (tertiary/aromatic N) is 1. The van der Waals surface area contributed by atoms with Crippen LogP contribution in [-0.2, 0) is 11.2 Å². The van der Waals surface area contributed by atoms with Gasteiger partial charge >= 0.3 is 0 Å². The number of hydrogen-bond acceptors (Lipinski definition) is 2. The van der Waals surface area contributed by atoms with Crippen molar-refractivity contribution in [3.8, 4) is 11.1 Å². The van der Waals surface area contributed by atoms with E-state index in [1.54, 1.807) is 0 Å². The van der Waals surface area contributed by atoms with Crippen molar-refractivity contribution in [3.05, 3.63) is 60.2 Å². The van der Waals surface area contributed by atoms with E-state index in [0.717, 1.165) is 25.1 Å². The Kier molecular flexibility index (Phi) is 6.02. The summed E-state index contributed by atoms with van der Waals surface area (Å²) in [5, 5.41) is 3.04. The van der Waals surface area contributed by atoms with Gasteiger partial charge in [0.05, 0.1) is 6.42 Å². The molecule has 2 aromatic rings. The van der Waals surface area contributed by atoms with E-state index >= 15 is 0 Å². The second kappa shape index (κ2) is 8.65. The van der Waals surface area contributed by atoms with E-state index in [4.69, 9.17) is 0 Å². The summed E-state index contributed by atoms with van der Waals surface area (Å²) in [6.07, 6.45) is 4.15. The van der Waals surface area contributed by atoms with Crippen molar-refractivity contribution < 1.29 is 4.79 Å². The Labute approximate surface area is 144 Å². The number of benzene rings is 2. The minimum absolute atomic E-state index is 0.115. The van der Waals surface area contributed by atoms with Crippen molar-refractivity contribution in [3.63, 3.8) is 0 Å². The number of carbonyl (C=O) groups is 1. The van der Waals surface area contributed by atoms with Gasteiger partial charge in [0.15, 0.2) is 0 Å². The average molecular weight is 322 g/mol. The van der Waals surface area contributed by atoms with Gasteiger partial charge < -0.3 is 10.2 Å². The van der Waals surface area contributed by atoms with Gasteiger partial charge in [-0.05, 0) is 55.6 Å². The molecule has 0 radical (unpaired) electrons. The van der Waals surface area contributed by atoms with E-state index in [-0.39, 0.29) is 5.91 Å². The molecule has 0 spiro atoms. The highest BCUT2D eigenvalue weighted by Crippen LogP contribution is 2.19. The van der Waals surface area contributed by atoms with Crippen LogP contribution >= 0.6 is 0 Å². The van der Waals surface area contributed by atoms with Crippen LogP contribution in [0, 0.1) is 0 Å². The van der Waals surface area contributed by atoms with Crippen molar-refractivity contribution in [2.75, 3.05) is 26.2 Å². The zero-order chi connectivity index (χ0) is 16.6. The van der Waals surface area contributed by atoms with Crippen molar-refractivity contribution in [2.24, 2.45) is 0 Å². The molecule has 1 aliphatic rings. The zero-order valence-corrected chi connectivity index (χ0v) is 14.2. The lowest BCUT2D eigenvalue weighted by molar-refractivity contribution is -0.120. The predicted molar refractivity (Wildman–Crippen MR) is 98.9 cm³/mol. The third kappa shape index (κ3) is 4.93. The van der Waals surface area contributed by atoms with Crippen LogP contribution in [0.1, 0.15) is 24.8 Å². The van der Waals surface area contributed by atoms with E-state index in [2.05, 4.69) is 34.5 Å². The molecule has 0 bridgehead atoms. The fourth-order valence-electron chi connectivity index (χ4n) is 3.23. The van der Waals surface area contributed by atoms with Gasteiger partial charge in [0, 0.05) is 6.54 Å². The molecule has 24 heavy (non-hydrogen) atoms. The topological polar surface area (TPSA) is 32.3 Å². The van der Waals surface area contributed by atoms with E-state index in [0.29, 0.717) is 6.42 Å². The number of amides is 1. The van der Waals surface area contributed by atoms with Gasteiger partial charge in [-0.15, -0.1) is 0 Å². The summed E-state index contributed by atoms with van der Waals surface area (Å²) in [6, 6.07) is 18.6. The lowest BCUT2D eigenvalue weighted by Gasteiger charge is -2.14. The summed E-state index contributed by atoms with van der Waals surface area (Å²) >= 11 is 0. The molecule has 0 aliphatic carbocycles. The van der Waals surface area contributed by atoms with Crippen molar-refractivity contribution in [1.82, 2.24) is 10.2 Å². The highest BCUT2D eigenvalue weighted by Gasteiger charge is 2.10. The molecular weight excluding hydrogens is 296 g/mol. The summed E-state index contributed by atoms with van der Waals surface area (Å²) < 4.78 is 0. The normalized spacial score (nSPS) is 14.7. The molecule has 1 aliphatic heterocycles. The number of carbonyl (C=O) groups excluding carboxylic acids is 1. The Hall–Kier alpha value is -2.13. The summed E-state index contributed by atoms with van der Waals surface area (Å²) in [5.41, 5.74) is 3.45. The Morgan fingerprint density at radius 1 is 0.917 bits per heavy atom. The largest absolute Gasteiger partial charge is 0.356 e. The molecule has 2 aromatic carbocycles. The summed E-state index contributed by atoms with van der Waals surface area (Å²) in [5.74, 6) is 0.115. The third-order valence-corrected chi connectivity index (χ3v) is 4.60. The number of likely N-dealkylation sites (tertiary alicyclic amines) is 1. The standard InChI is InChI=1S/C21H26N2O/c24-21(22-13-6-16-23-14-4-5-15-23)17-18-9-11-20(12-10-18)19-7-2-1-3-8-19/h1-3,7-12H,4-6,13-17H2,(H,22,24). The van der Waals surface area contributed by atoms with E-state index in [9.17, 15) is 4.79 Å². The Bertz CT molecular complexity index is 631. The molecular formula is C21H26N2O. The van der Waals surface area contributed by atoms with E-state index < -0.39 is 0 Å². The number of nitrogens with one attached hydrogen (secondary N) is 1. The van der Waals surface area contributed by atoms with Crippen LogP contribution < -0.4 is 5.32 Å². The van der Waals surface area contributed by atoms with Gasteiger partial charge in [0.25, 0.3) is 0 Å². The van der Waals surface area contributed by atoms with Crippen LogP contribution in [0.4, 0.5) is 0 Å². The summed E-state index contributed by atoms with van der Waals surface area (Å²) in [4.78, 5) is 14.5. The van der Waals surface area contributed by atoms with Gasteiger partial charge in [-0.3, -0.25) is 4.79 Å². The molecule has 126 valence electrons. The second-order valence-corrected chi connectivity index (χ2v) is 6.49. The molecule has 1 N–H and O–H groups in total. The first-order chi connectivity index (χ1) is 11.8. The molecule has 1 amide bonds. The maximum absolute atomic E-state index is 12.0. The molecule has 1 heterocycles. The molecule has 0 saturated carbocycles. The van der Waals surface area contributed by atoms with Crippen LogP contribution in [0.2, 0.25) is 0 Å². The number of hydrogen-bond donors (Lipinski definition) is 1. The predicted octanol–water partition coefficient (Wildman–Crippen LogP) is 3.50. The fraction of sp³-hybridized carbons (Fsp3) is 0.381. The fourth-order valence-corrected chi connectivity index (χ4v) is 3.23. The highest BCUT2D eigenvalue weighted by atomic mass is 16.1. The quantitative estimate of drug-likeness (QED) is 0.791. The number of rotatable bonds is 7. The van der Waals surface area contributed by atoms with Crippen molar-refractivity contribution in [2.45, 2.75) is 25.7 Å². The maximum atomic E-state index is 12.0. The first kappa shape index (κ1) is 16.7. The minimum Gasteiger partial charge on any atom is -0.356 e. The molecule has 0 unspecified atom stereocenters. The van der Waals surface area contributed by atoms with Gasteiger partial charge in [-0.1, -0.05) is 54.6 Å². The molecule has 0 atom stereocenters. The van der Waals surface area contributed by atoms with Crippen LogP contribution in [0.5, 0.6) is 0 Å². The Morgan fingerprint density at radius 3 is 2.29 bits per heavy atom. The van der Waals surface area contributed by atoms with Crippen molar-refractivity contribution in [1.29, 1.82) is 0 Å². The third-order valence-electron chi connectivity index (χ3n) is 4.60. The van der Waals surface area contributed by atoms with E-state index in [1.165, 1.54) is 37.1 Å². The van der Waals surface area contributed by atoms with Crippen LogP contribution in [0.25, 0.3) is 11.1 Å². The summed E-state index contributed by atoms with van der Waals surface area (Å²) in [6.45, 7) is 4.33. The first-order valence-electron chi connectivity index (χ1n) is 8.95. The van der Waals surface area contributed by atoms with E-state index in [1.807, 2.05) is 30.3 Å². The lowest BCUT2D eigenvalue weighted by atomic mass is 10.0. The summed E-state index contributed by atoms with van der Waals surface area (Å²) in [7, 11) is 0. The molecule has 1 fully saturated rings. The highest BCUT2D eigenvalue weighted by molar-refractivity contribution is 5.78. The first-order valence-corrected chi connectivity index (χ1v) is 8.95. The Balaban J connectivity index is 1.41. The van der Waals surface area contributed by atoms with Gasteiger partial charge in [0.2, 0.25) is 5.91 Å².